The molecule has 1 aliphatic rings. The topological polar surface area (TPSA) is 75.3 Å². The van der Waals surface area contributed by atoms with Crippen molar-refractivity contribution in [3.8, 4) is 0 Å². The van der Waals surface area contributed by atoms with E-state index in [0.717, 1.165) is 5.69 Å². The van der Waals surface area contributed by atoms with Crippen LogP contribution < -0.4 is 10.6 Å². The van der Waals surface area contributed by atoms with Crippen LogP contribution in [0.15, 0.2) is 30.3 Å². The average molecular weight is 282 g/mol. The van der Waals surface area contributed by atoms with Crippen molar-refractivity contribution in [2.45, 2.75) is 18.9 Å². The number of anilines is 1. The molecule has 0 spiro atoms. The maximum atomic E-state index is 11.7. The van der Waals surface area contributed by atoms with Crippen LogP contribution in [0.3, 0.4) is 0 Å². The molecule has 2 rings (SSSR count). The van der Waals surface area contributed by atoms with Gasteiger partial charge in [-0.2, -0.15) is 0 Å². The van der Waals surface area contributed by atoms with Crippen molar-refractivity contribution in [3.05, 3.63) is 30.3 Å². The largest absolute Gasteiger partial charge is 0.325 e. The standard InChI is InChI=1S/C13H18N2O3S/c1-13(7-8-19(17,18)10-13)14-9-12(16)15-11-5-3-2-4-6-11/h2-6,14H,7-10H2,1H3,(H,15,16). The predicted molar refractivity (Wildman–Crippen MR) is 74.8 cm³/mol. The number of hydrogen-bond acceptors (Lipinski definition) is 4. The second-order valence-corrected chi connectivity index (χ2v) is 7.35. The number of sulfone groups is 1. The normalized spacial score (nSPS) is 25.1. The van der Waals surface area contributed by atoms with Gasteiger partial charge < -0.3 is 10.6 Å². The Kier molecular flexibility index (Phi) is 3.91. The number of carbonyl (C=O) groups is 1. The minimum absolute atomic E-state index is 0.0959. The highest BCUT2D eigenvalue weighted by atomic mass is 32.2. The summed E-state index contributed by atoms with van der Waals surface area (Å²) >= 11 is 0. The minimum Gasteiger partial charge on any atom is -0.325 e. The Morgan fingerprint density at radius 2 is 2.00 bits per heavy atom. The summed E-state index contributed by atoms with van der Waals surface area (Å²) in [5, 5.41) is 5.80. The Bertz CT molecular complexity index is 557. The monoisotopic (exact) mass is 282 g/mol. The van der Waals surface area contributed by atoms with Gasteiger partial charge in [0.05, 0.1) is 18.1 Å². The summed E-state index contributed by atoms with van der Waals surface area (Å²) in [6.45, 7) is 1.95. The number of hydrogen-bond donors (Lipinski definition) is 2. The van der Waals surface area contributed by atoms with Crippen LogP contribution in [-0.2, 0) is 14.6 Å². The first-order valence-electron chi connectivity index (χ1n) is 6.19. The number of para-hydroxylation sites is 1. The Morgan fingerprint density at radius 3 is 2.58 bits per heavy atom. The van der Waals surface area contributed by atoms with Crippen molar-refractivity contribution in [3.63, 3.8) is 0 Å². The van der Waals surface area contributed by atoms with E-state index in [-0.39, 0.29) is 24.0 Å². The van der Waals surface area contributed by atoms with Crippen molar-refractivity contribution in [1.82, 2.24) is 5.32 Å². The lowest BCUT2D eigenvalue weighted by Crippen LogP contribution is -2.46. The summed E-state index contributed by atoms with van der Waals surface area (Å²) < 4.78 is 22.9. The first-order chi connectivity index (χ1) is 8.89. The van der Waals surface area contributed by atoms with Gasteiger partial charge in [0.25, 0.3) is 0 Å². The Labute approximate surface area is 113 Å². The lowest BCUT2D eigenvalue weighted by molar-refractivity contribution is -0.115. The molecular weight excluding hydrogens is 264 g/mol. The molecule has 1 aromatic carbocycles. The van der Waals surface area contributed by atoms with Crippen LogP contribution in [0.2, 0.25) is 0 Å². The van der Waals surface area contributed by atoms with Gasteiger partial charge in [-0.3, -0.25) is 4.79 Å². The van der Waals surface area contributed by atoms with Crippen LogP contribution in [0, 0.1) is 0 Å². The molecule has 6 heteroatoms. The summed E-state index contributed by atoms with van der Waals surface area (Å²) in [7, 11) is -2.95. The molecular formula is C13H18N2O3S. The highest BCUT2D eigenvalue weighted by molar-refractivity contribution is 7.91. The zero-order valence-corrected chi connectivity index (χ0v) is 11.7. The first kappa shape index (κ1) is 14.0. The van der Waals surface area contributed by atoms with Gasteiger partial charge in [-0.25, -0.2) is 8.42 Å². The van der Waals surface area contributed by atoms with Gasteiger partial charge in [0.15, 0.2) is 9.84 Å². The second-order valence-electron chi connectivity index (χ2n) is 5.17. The average Bonchev–Trinajstić information content (AvgIpc) is 2.63. The zero-order chi connectivity index (χ0) is 13.9. The van der Waals surface area contributed by atoms with Gasteiger partial charge >= 0.3 is 0 Å². The molecule has 0 aliphatic carbocycles. The van der Waals surface area contributed by atoms with Crippen LogP contribution in [0.5, 0.6) is 0 Å². The summed E-state index contributed by atoms with van der Waals surface area (Å²) in [6.07, 6.45) is 0.550. The molecule has 19 heavy (non-hydrogen) atoms. The summed E-state index contributed by atoms with van der Waals surface area (Å²) in [5.74, 6) is 0.117. The van der Waals surface area contributed by atoms with E-state index >= 15 is 0 Å². The van der Waals surface area contributed by atoms with E-state index in [4.69, 9.17) is 0 Å². The van der Waals surface area contributed by atoms with Crippen LogP contribution in [-0.4, -0.2) is 37.9 Å². The van der Waals surface area contributed by atoms with Crippen LogP contribution in [0.4, 0.5) is 5.69 Å². The molecule has 1 saturated heterocycles. The number of amides is 1. The van der Waals surface area contributed by atoms with E-state index in [1.165, 1.54) is 0 Å². The molecule has 104 valence electrons. The third kappa shape index (κ3) is 4.04. The molecule has 1 fully saturated rings. The molecule has 2 N–H and O–H groups in total. The summed E-state index contributed by atoms with van der Waals surface area (Å²) in [4.78, 5) is 11.7. The van der Waals surface area contributed by atoms with Gasteiger partial charge in [0.2, 0.25) is 5.91 Å². The SMILES string of the molecule is CC1(NCC(=O)Nc2ccccc2)CCS(=O)(=O)C1. The fraction of sp³-hybridized carbons (Fsp3) is 0.462. The van der Waals surface area contributed by atoms with Crippen molar-refractivity contribution in [2.24, 2.45) is 0 Å². The van der Waals surface area contributed by atoms with Gasteiger partial charge in [-0.1, -0.05) is 18.2 Å². The van der Waals surface area contributed by atoms with Gasteiger partial charge in [-0.05, 0) is 25.5 Å². The lowest BCUT2D eigenvalue weighted by atomic mass is 10.0. The Morgan fingerprint density at radius 1 is 1.32 bits per heavy atom. The molecule has 1 amide bonds. The second kappa shape index (κ2) is 5.30. The van der Waals surface area contributed by atoms with E-state index in [9.17, 15) is 13.2 Å². The number of benzene rings is 1. The Balaban J connectivity index is 1.84. The molecule has 1 aliphatic heterocycles. The maximum Gasteiger partial charge on any atom is 0.238 e. The minimum atomic E-state index is -2.95. The van der Waals surface area contributed by atoms with Crippen LogP contribution >= 0.6 is 0 Å². The summed E-state index contributed by atoms with van der Waals surface area (Å²) in [5.41, 5.74) is 0.242. The van der Waals surface area contributed by atoms with Crippen molar-refractivity contribution < 1.29 is 13.2 Å². The van der Waals surface area contributed by atoms with Crippen molar-refractivity contribution in [2.75, 3.05) is 23.4 Å². The van der Waals surface area contributed by atoms with Crippen molar-refractivity contribution >= 4 is 21.4 Å². The van der Waals surface area contributed by atoms with E-state index < -0.39 is 15.4 Å². The van der Waals surface area contributed by atoms with E-state index in [2.05, 4.69) is 10.6 Å². The molecule has 0 saturated carbocycles. The number of rotatable bonds is 4. The van der Waals surface area contributed by atoms with E-state index in [1.807, 2.05) is 25.1 Å². The quantitative estimate of drug-likeness (QED) is 0.856. The lowest BCUT2D eigenvalue weighted by Gasteiger charge is -2.23. The molecule has 5 nitrogen and oxygen atoms in total. The highest BCUT2D eigenvalue weighted by Crippen LogP contribution is 2.22. The predicted octanol–water partition coefficient (Wildman–Crippen LogP) is 0.792. The molecule has 0 aromatic heterocycles. The van der Waals surface area contributed by atoms with Gasteiger partial charge in [0, 0.05) is 11.2 Å². The third-order valence-corrected chi connectivity index (χ3v) is 5.14. The smallest absolute Gasteiger partial charge is 0.238 e. The number of carbonyl (C=O) groups excluding carboxylic acids is 1. The molecule has 0 bridgehead atoms. The first-order valence-corrected chi connectivity index (χ1v) is 8.01. The van der Waals surface area contributed by atoms with Gasteiger partial charge in [-0.15, -0.1) is 0 Å². The van der Waals surface area contributed by atoms with E-state index in [0.29, 0.717) is 6.42 Å². The Hall–Kier alpha value is -1.40. The zero-order valence-electron chi connectivity index (χ0n) is 10.8. The fourth-order valence-electron chi connectivity index (χ4n) is 2.17. The number of nitrogens with one attached hydrogen (secondary N) is 2. The molecule has 1 unspecified atom stereocenters. The molecule has 1 atom stereocenters. The van der Waals surface area contributed by atoms with E-state index in [1.54, 1.807) is 12.1 Å². The summed E-state index contributed by atoms with van der Waals surface area (Å²) in [6, 6.07) is 9.17. The maximum absolute atomic E-state index is 11.7. The highest BCUT2D eigenvalue weighted by Gasteiger charge is 2.38. The van der Waals surface area contributed by atoms with Crippen LogP contribution in [0.25, 0.3) is 0 Å². The van der Waals surface area contributed by atoms with Crippen molar-refractivity contribution in [1.29, 1.82) is 0 Å². The van der Waals surface area contributed by atoms with Gasteiger partial charge in [0.1, 0.15) is 0 Å². The molecule has 1 heterocycles. The third-order valence-electron chi connectivity index (χ3n) is 3.24. The fourth-order valence-corrected chi connectivity index (χ4v) is 4.29. The van der Waals surface area contributed by atoms with Crippen LogP contribution in [0.1, 0.15) is 13.3 Å². The molecule has 0 radical (unpaired) electrons. The molecule has 1 aromatic rings.